The predicted molar refractivity (Wildman–Crippen MR) is 113 cm³/mol. The summed E-state index contributed by atoms with van der Waals surface area (Å²) < 4.78 is 0. The largest absolute Gasteiger partial charge is 0.294 e. The Morgan fingerprint density at radius 3 is 2.27 bits per heavy atom. The van der Waals surface area contributed by atoms with E-state index >= 15 is 0 Å². The third-order valence-corrected chi connectivity index (χ3v) is 3.72. The quantitative estimate of drug-likeness (QED) is 0.277. The van der Waals surface area contributed by atoms with Crippen LogP contribution in [0.1, 0.15) is 63.5 Å². The molecule has 0 atom stereocenters. The first-order valence-electron chi connectivity index (χ1n) is 8.80. The lowest BCUT2D eigenvalue weighted by Gasteiger charge is -1.99. The molecule has 4 heteroatoms. The van der Waals surface area contributed by atoms with Crippen LogP contribution in [0.2, 0.25) is 0 Å². The molecule has 4 nitrogen and oxygen atoms in total. The zero-order valence-electron chi connectivity index (χ0n) is 16.9. The number of carbonyl (C=O) groups excluding carboxylic acids is 1. The SMILES string of the molecule is C=C/C(=C\C=C(/C)CC)CC.CN=CN=C(C)c1ccc(C(C)=O)cn1. The first-order chi connectivity index (χ1) is 12.4. The fourth-order valence-corrected chi connectivity index (χ4v) is 1.72. The van der Waals surface area contributed by atoms with E-state index in [0.717, 1.165) is 24.2 Å². The predicted octanol–water partition coefficient (Wildman–Crippen LogP) is 5.62. The first kappa shape index (κ1) is 23.4. The van der Waals surface area contributed by atoms with E-state index in [-0.39, 0.29) is 5.78 Å². The van der Waals surface area contributed by atoms with Crippen molar-refractivity contribution < 1.29 is 4.79 Å². The van der Waals surface area contributed by atoms with Gasteiger partial charge in [0, 0.05) is 18.8 Å². The van der Waals surface area contributed by atoms with Gasteiger partial charge in [0.25, 0.3) is 0 Å². The second-order valence-electron chi connectivity index (χ2n) is 5.74. The van der Waals surface area contributed by atoms with E-state index in [1.54, 1.807) is 25.4 Å². The summed E-state index contributed by atoms with van der Waals surface area (Å²) in [6, 6.07) is 3.52. The molecule has 0 unspecified atom stereocenters. The lowest BCUT2D eigenvalue weighted by Crippen LogP contribution is -2.01. The number of carbonyl (C=O) groups is 1. The van der Waals surface area contributed by atoms with E-state index in [9.17, 15) is 4.79 Å². The zero-order valence-corrected chi connectivity index (χ0v) is 16.9. The second-order valence-corrected chi connectivity index (χ2v) is 5.74. The van der Waals surface area contributed by atoms with Crippen molar-refractivity contribution in [3.8, 4) is 0 Å². The fourth-order valence-electron chi connectivity index (χ4n) is 1.72. The van der Waals surface area contributed by atoms with Crippen molar-refractivity contribution >= 4 is 17.8 Å². The summed E-state index contributed by atoms with van der Waals surface area (Å²) >= 11 is 0. The molecule has 0 spiro atoms. The number of allylic oxidation sites excluding steroid dienone is 5. The molecule has 1 rings (SSSR count). The van der Waals surface area contributed by atoms with E-state index in [0.29, 0.717) is 5.56 Å². The normalized spacial score (nSPS) is 12.6. The van der Waals surface area contributed by atoms with E-state index in [1.807, 2.05) is 13.0 Å². The van der Waals surface area contributed by atoms with Gasteiger partial charge < -0.3 is 0 Å². The average Bonchev–Trinajstić information content (AvgIpc) is 2.67. The Balaban J connectivity index is 0.000000508. The van der Waals surface area contributed by atoms with E-state index in [4.69, 9.17) is 0 Å². The van der Waals surface area contributed by atoms with Gasteiger partial charge in [0.1, 0.15) is 6.34 Å². The highest BCUT2D eigenvalue weighted by atomic mass is 16.1. The van der Waals surface area contributed by atoms with Gasteiger partial charge in [0.05, 0.1) is 11.4 Å². The summed E-state index contributed by atoms with van der Waals surface area (Å²) in [6.45, 7) is 13.6. The minimum absolute atomic E-state index is 0.0127. The number of rotatable bonds is 7. The molecule has 0 amide bonds. The van der Waals surface area contributed by atoms with Gasteiger partial charge in [-0.1, -0.05) is 44.2 Å². The summed E-state index contributed by atoms with van der Waals surface area (Å²) in [4.78, 5) is 23.0. The van der Waals surface area contributed by atoms with Crippen LogP contribution in [0.3, 0.4) is 0 Å². The maximum absolute atomic E-state index is 11.0. The number of pyridine rings is 1. The van der Waals surface area contributed by atoms with E-state index in [2.05, 4.69) is 54.5 Å². The van der Waals surface area contributed by atoms with Gasteiger partial charge in [0.15, 0.2) is 5.78 Å². The molecule has 0 radical (unpaired) electrons. The molecule has 140 valence electrons. The molecule has 0 aliphatic heterocycles. The topological polar surface area (TPSA) is 54.7 Å². The Morgan fingerprint density at radius 2 is 1.85 bits per heavy atom. The summed E-state index contributed by atoms with van der Waals surface area (Å²) in [7, 11) is 1.66. The minimum atomic E-state index is 0.0127. The number of aromatic nitrogens is 1. The Hall–Kier alpha value is -2.62. The Labute approximate surface area is 158 Å². The standard InChI is InChI=1S/C11H13N3O.C11H18/c1-8(14-7-12-3)11-5-4-10(6-13-11)9(2)15;1-5-10(4)8-9-11(6-2)7-3/h4-7H,1-3H3;6,8-9H,2,5,7H2,1,3-4H3/b;10-8+,11-9+. The van der Waals surface area contributed by atoms with Crippen molar-refractivity contribution in [2.75, 3.05) is 7.05 Å². The van der Waals surface area contributed by atoms with E-state index < -0.39 is 0 Å². The molecule has 26 heavy (non-hydrogen) atoms. The van der Waals surface area contributed by atoms with Crippen molar-refractivity contribution in [2.45, 2.75) is 47.5 Å². The van der Waals surface area contributed by atoms with Gasteiger partial charge in [-0.25, -0.2) is 4.99 Å². The number of hydrogen-bond acceptors (Lipinski definition) is 3. The molecule has 0 fully saturated rings. The third kappa shape index (κ3) is 9.62. The number of hydrogen-bond donors (Lipinski definition) is 0. The molecule has 0 aliphatic carbocycles. The van der Waals surface area contributed by atoms with Gasteiger partial charge in [-0.15, -0.1) is 0 Å². The Bertz CT molecular complexity index is 693. The number of ketones is 1. The van der Waals surface area contributed by atoms with Gasteiger partial charge in [-0.2, -0.15) is 0 Å². The lowest BCUT2D eigenvalue weighted by molar-refractivity contribution is 0.101. The molecule has 1 aromatic rings. The zero-order chi connectivity index (χ0) is 19.9. The minimum Gasteiger partial charge on any atom is -0.294 e. The fraction of sp³-hybridized carbons (Fsp3) is 0.364. The molecule has 0 aliphatic rings. The maximum atomic E-state index is 11.0. The highest BCUT2D eigenvalue weighted by molar-refractivity contribution is 6.01. The van der Waals surface area contributed by atoms with Crippen LogP contribution in [0.25, 0.3) is 0 Å². The maximum Gasteiger partial charge on any atom is 0.161 e. The molecule has 0 bridgehead atoms. The third-order valence-electron chi connectivity index (χ3n) is 3.72. The number of nitrogens with zero attached hydrogens (tertiary/aromatic N) is 3. The van der Waals surface area contributed by atoms with Crippen LogP contribution in [0.15, 0.2) is 64.3 Å². The van der Waals surface area contributed by atoms with Crippen LogP contribution in [0.4, 0.5) is 0 Å². The summed E-state index contributed by atoms with van der Waals surface area (Å²) in [5.74, 6) is 0.0127. The van der Waals surface area contributed by atoms with Crippen molar-refractivity contribution in [3.63, 3.8) is 0 Å². The molecule has 0 saturated heterocycles. The van der Waals surface area contributed by atoms with Gasteiger partial charge in [-0.3, -0.25) is 14.8 Å². The highest BCUT2D eigenvalue weighted by Crippen LogP contribution is 2.05. The molecule has 0 N–H and O–H groups in total. The van der Waals surface area contributed by atoms with Crippen LogP contribution >= 0.6 is 0 Å². The monoisotopic (exact) mass is 353 g/mol. The van der Waals surface area contributed by atoms with Gasteiger partial charge in [-0.05, 0) is 51.3 Å². The first-order valence-corrected chi connectivity index (χ1v) is 8.80. The summed E-state index contributed by atoms with van der Waals surface area (Å²) in [5.41, 5.74) is 4.85. The molecular weight excluding hydrogens is 322 g/mol. The summed E-state index contributed by atoms with van der Waals surface area (Å²) in [5, 5.41) is 0. The van der Waals surface area contributed by atoms with Crippen LogP contribution in [0, 0.1) is 0 Å². The molecular formula is C22H31N3O. The van der Waals surface area contributed by atoms with Crippen LogP contribution in [-0.4, -0.2) is 29.9 Å². The van der Waals surface area contributed by atoms with Crippen molar-refractivity contribution in [1.82, 2.24) is 4.98 Å². The molecule has 1 heterocycles. The molecule has 0 aromatic carbocycles. The number of aliphatic imine (C=N–C) groups is 2. The van der Waals surface area contributed by atoms with Crippen LogP contribution in [0.5, 0.6) is 0 Å². The smallest absolute Gasteiger partial charge is 0.161 e. The lowest BCUT2D eigenvalue weighted by atomic mass is 10.1. The van der Waals surface area contributed by atoms with Gasteiger partial charge in [0.2, 0.25) is 0 Å². The van der Waals surface area contributed by atoms with Crippen LogP contribution in [-0.2, 0) is 0 Å². The van der Waals surface area contributed by atoms with Crippen molar-refractivity contribution in [1.29, 1.82) is 0 Å². The van der Waals surface area contributed by atoms with Crippen molar-refractivity contribution in [3.05, 3.63) is 65.5 Å². The number of Topliss-reactive ketones (excluding diaryl/α,β-unsaturated/α-hetero) is 1. The van der Waals surface area contributed by atoms with Gasteiger partial charge >= 0.3 is 0 Å². The molecule has 0 saturated carbocycles. The second kappa shape index (κ2) is 13.6. The van der Waals surface area contributed by atoms with Crippen LogP contribution < -0.4 is 0 Å². The summed E-state index contributed by atoms with van der Waals surface area (Å²) in [6.07, 6.45) is 11.4. The Morgan fingerprint density at radius 1 is 1.15 bits per heavy atom. The van der Waals surface area contributed by atoms with Crippen molar-refractivity contribution in [2.24, 2.45) is 9.98 Å². The highest BCUT2D eigenvalue weighted by Gasteiger charge is 2.01. The molecule has 1 aromatic heterocycles. The average molecular weight is 354 g/mol. The Kier molecular flexibility index (Phi) is 12.3. The van der Waals surface area contributed by atoms with E-state index in [1.165, 1.54) is 24.4 Å².